The maximum absolute atomic E-state index is 13.6. The lowest BCUT2D eigenvalue weighted by Gasteiger charge is -2.08. The van der Waals surface area contributed by atoms with Crippen molar-refractivity contribution < 1.29 is 9.18 Å². The lowest BCUT2D eigenvalue weighted by molar-refractivity contribution is 0.102. The second kappa shape index (κ2) is 7.53. The predicted molar refractivity (Wildman–Crippen MR) is 94.9 cm³/mol. The number of anilines is 2. The highest BCUT2D eigenvalue weighted by Crippen LogP contribution is 2.13. The molecule has 1 heterocycles. The van der Waals surface area contributed by atoms with Gasteiger partial charge in [-0.2, -0.15) is 0 Å². The van der Waals surface area contributed by atoms with E-state index >= 15 is 0 Å². The smallest absolute Gasteiger partial charge is 0.274 e. The molecule has 6 heteroatoms. The fraction of sp³-hybridized carbons (Fsp3) is 0.105. The normalized spacial score (nSPS) is 10.3. The van der Waals surface area contributed by atoms with Crippen LogP contribution in [0.5, 0.6) is 0 Å². The van der Waals surface area contributed by atoms with Crippen LogP contribution >= 0.6 is 0 Å². The largest absolute Gasteiger partial charge is 0.366 e. The molecule has 0 aliphatic rings. The topological polar surface area (TPSA) is 66.9 Å². The molecule has 0 atom stereocenters. The van der Waals surface area contributed by atoms with Gasteiger partial charge >= 0.3 is 0 Å². The van der Waals surface area contributed by atoms with Crippen molar-refractivity contribution >= 4 is 17.4 Å². The molecule has 0 bridgehead atoms. The number of hydrogen-bond donors (Lipinski definition) is 2. The maximum atomic E-state index is 13.6. The predicted octanol–water partition coefficient (Wildman–Crippen LogP) is 3.79. The first-order chi connectivity index (χ1) is 12.1. The average Bonchev–Trinajstić information content (AvgIpc) is 2.61. The first-order valence-corrected chi connectivity index (χ1v) is 7.79. The number of hydrogen-bond acceptors (Lipinski definition) is 4. The van der Waals surface area contributed by atoms with Gasteiger partial charge in [-0.3, -0.25) is 4.79 Å². The Morgan fingerprint density at radius 1 is 1.08 bits per heavy atom. The van der Waals surface area contributed by atoms with E-state index in [-0.39, 0.29) is 24.0 Å². The highest BCUT2D eigenvalue weighted by molar-refractivity contribution is 6.03. The van der Waals surface area contributed by atoms with Crippen molar-refractivity contribution in [2.24, 2.45) is 0 Å². The minimum Gasteiger partial charge on any atom is -0.366 e. The first-order valence-electron chi connectivity index (χ1n) is 7.79. The monoisotopic (exact) mass is 336 g/mol. The number of aryl methyl sites for hydroxylation is 1. The molecule has 3 aromatic rings. The number of aromatic nitrogens is 2. The van der Waals surface area contributed by atoms with E-state index in [4.69, 9.17) is 0 Å². The van der Waals surface area contributed by atoms with Crippen molar-refractivity contribution in [1.82, 2.24) is 9.97 Å². The summed E-state index contributed by atoms with van der Waals surface area (Å²) in [7, 11) is 0. The Morgan fingerprint density at radius 3 is 2.72 bits per heavy atom. The van der Waals surface area contributed by atoms with Crippen molar-refractivity contribution in [3.63, 3.8) is 0 Å². The standard InChI is InChI=1S/C19H17FN4O/c1-13-5-4-7-15(9-13)24-19(25)17-10-18(23-12-22-17)21-11-14-6-2-3-8-16(14)20/h2-10,12H,11H2,1H3,(H,24,25)(H,21,22,23). The summed E-state index contributed by atoms with van der Waals surface area (Å²) in [5, 5.41) is 5.79. The number of rotatable bonds is 5. The maximum Gasteiger partial charge on any atom is 0.274 e. The molecule has 0 aliphatic heterocycles. The molecule has 0 saturated carbocycles. The van der Waals surface area contributed by atoms with Gasteiger partial charge in [0.2, 0.25) is 0 Å². The highest BCUT2D eigenvalue weighted by atomic mass is 19.1. The van der Waals surface area contributed by atoms with E-state index in [0.29, 0.717) is 17.1 Å². The number of benzene rings is 2. The Balaban J connectivity index is 1.68. The molecule has 0 spiro atoms. The van der Waals surface area contributed by atoms with Gasteiger partial charge in [-0.1, -0.05) is 30.3 Å². The zero-order valence-electron chi connectivity index (χ0n) is 13.7. The third-order valence-corrected chi connectivity index (χ3v) is 3.59. The summed E-state index contributed by atoms with van der Waals surface area (Å²) in [6.07, 6.45) is 1.30. The van der Waals surface area contributed by atoms with Gasteiger partial charge in [0.25, 0.3) is 5.91 Å². The van der Waals surface area contributed by atoms with E-state index in [1.165, 1.54) is 18.5 Å². The van der Waals surface area contributed by atoms with E-state index < -0.39 is 0 Å². The van der Waals surface area contributed by atoms with Crippen LogP contribution in [0.4, 0.5) is 15.9 Å². The third-order valence-electron chi connectivity index (χ3n) is 3.59. The van der Waals surface area contributed by atoms with Crippen LogP contribution in [0.3, 0.4) is 0 Å². The SMILES string of the molecule is Cc1cccc(NC(=O)c2cc(NCc3ccccc3F)ncn2)c1. The minimum absolute atomic E-state index is 0.229. The fourth-order valence-electron chi connectivity index (χ4n) is 2.32. The molecule has 0 aliphatic carbocycles. The molecule has 126 valence electrons. The number of nitrogens with one attached hydrogen (secondary N) is 2. The van der Waals surface area contributed by atoms with Gasteiger partial charge in [-0.05, 0) is 30.7 Å². The van der Waals surface area contributed by atoms with E-state index in [2.05, 4.69) is 20.6 Å². The summed E-state index contributed by atoms with van der Waals surface area (Å²) < 4.78 is 13.6. The van der Waals surface area contributed by atoms with Crippen molar-refractivity contribution in [2.45, 2.75) is 13.5 Å². The van der Waals surface area contributed by atoms with Gasteiger partial charge in [0.15, 0.2) is 0 Å². The molecule has 1 aromatic heterocycles. The summed E-state index contributed by atoms with van der Waals surface area (Å²) in [5.74, 6) is -0.170. The molecule has 2 aromatic carbocycles. The summed E-state index contributed by atoms with van der Waals surface area (Å²) in [4.78, 5) is 20.4. The minimum atomic E-state index is -0.332. The van der Waals surface area contributed by atoms with Crippen molar-refractivity contribution in [1.29, 1.82) is 0 Å². The Morgan fingerprint density at radius 2 is 1.92 bits per heavy atom. The third kappa shape index (κ3) is 4.38. The molecule has 2 N–H and O–H groups in total. The van der Waals surface area contributed by atoms with E-state index in [0.717, 1.165) is 5.56 Å². The van der Waals surface area contributed by atoms with Gasteiger partial charge < -0.3 is 10.6 Å². The molecule has 5 nitrogen and oxygen atoms in total. The number of nitrogens with zero attached hydrogens (tertiary/aromatic N) is 2. The van der Waals surface area contributed by atoms with Crippen LogP contribution in [-0.2, 0) is 6.54 Å². The number of carbonyl (C=O) groups is 1. The van der Waals surface area contributed by atoms with Gasteiger partial charge in [0.05, 0.1) is 0 Å². The summed E-state index contributed by atoms with van der Waals surface area (Å²) >= 11 is 0. The number of amides is 1. The summed E-state index contributed by atoms with van der Waals surface area (Å²) in [5.41, 5.74) is 2.50. The molecule has 0 unspecified atom stereocenters. The van der Waals surface area contributed by atoms with Crippen LogP contribution in [0.25, 0.3) is 0 Å². The van der Waals surface area contributed by atoms with Crippen LogP contribution in [0, 0.1) is 12.7 Å². The highest BCUT2D eigenvalue weighted by Gasteiger charge is 2.10. The van der Waals surface area contributed by atoms with Crippen LogP contribution in [0.1, 0.15) is 21.6 Å². The molecule has 25 heavy (non-hydrogen) atoms. The second-order valence-electron chi connectivity index (χ2n) is 5.56. The molecule has 3 rings (SSSR count). The van der Waals surface area contributed by atoms with Crippen LogP contribution in [-0.4, -0.2) is 15.9 Å². The first kappa shape index (κ1) is 16.6. The number of carbonyl (C=O) groups excluding carboxylic acids is 1. The Labute approximate surface area is 145 Å². The fourth-order valence-corrected chi connectivity index (χ4v) is 2.32. The lowest BCUT2D eigenvalue weighted by atomic mass is 10.2. The second-order valence-corrected chi connectivity index (χ2v) is 5.56. The van der Waals surface area contributed by atoms with Gasteiger partial charge in [-0.25, -0.2) is 14.4 Å². The van der Waals surface area contributed by atoms with Crippen LogP contribution in [0.15, 0.2) is 60.9 Å². The summed E-state index contributed by atoms with van der Waals surface area (Å²) in [6.45, 7) is 2.22. The molecule has 0 saturated heterocycles. The molecule has 0 radical (unpaired) electrons. The molecular weight excluding hydrogens is 319 g/mol. The van der Waals surface area contributed by atoms with Gasteiger partial charge in [-0.15, -0.1) is 0 Å². The van der Waals surface area contributed by atoms with Crippen molar-refractivity contribution in [2.75, 3.05) is 10.6 Å². The molecule has 0 fully saturated rings. The number of halogens is 1. The lowest BCUT2D eigenvalue weighted by Crippen LogP contribution is -2.14. The Hall–Kier alpha value is -3.28. The average molecular weight is 336 g/mol. The van der Waals surface area contributed by atoms with E-state index in [1.807, 2.05) is 31.2 Å². The van der Waals surface area contributed by atoms with Crippen LogP contribution in [0.2, 0.25) is 0 Å². The van der Waals surface area contributed by atoms with E-state index in [9.17, 15) is 9.18 Å². The quantitative estimate of drug-likeness (QED) is 0.744. The van der Waals surface area contributed by atoms with E-state index in [1.54, 1.807) is 18.2 Å². The van der Waals surface area contributed by atoms with Gasteiger partial charge in [0.1, 0.15) is 23.7 Å². The summed E-state index contributed by atoms with van der Waals surface area (Å²) in [6, 6.07) is 15.5. The zero-order chi connectivity index (χ0) is 17.6. The van der Waals surface area contributed by atoms with Crippen molar-refractivity contribution in [3.05, 3.63) is 83.6 Å². The molecule has 1 amide bonds. The van der Waals surface area contributed by atoms with Gasteiger partial charge in [0, 0.05) is 23.9 Å². The Bertz CT molecular complexity index is 898. The molecular formula is C19H17FN4O. The zero-order valence-corrected chi connectivity index (χ0v) is 13.7. The van der Waals surface area contributed by atoms with Crippen molar-refractivity contribution in [3.8, 4) is 0 Å². The van der Waals surface area contributed by atoms with Crippen LogP contribution < -0.4 is 10.6 Å². The Kier molecular flexibility index (Phi) is 4.99.